The molecule has 9 heteroatoms. The van der Waals surface area contributed by atoms with Crippen LogP contribution in [0.1, 0.15) is 11.1 Å². The van der Waals surface area contributed by atoms with Crippen molar-refractivity contribution in [3.05, 3.63) is 35.1 Å². The molecule has 0 aliphatic rings. The van der Waals surface area contributed by atoms with Gasteiger partial charge in [-0.25, -0.2) is 4.39 Å². The standard InChI is InChI=1S/C9H8F4N4.ClH/c10-7-5(4-16-17-8(14)15)2-1-3-6(7)9(11,12)13;/h1-4H,(H4,14,15,17);1H. The summed E-state index contributed by atoms with van der Waals surface area (Å²) in [6.07, 6.45) is -3.96. The molecule has 0 atom stereocenters. The van der Waals surface area contributed by atoms with Crippen molar-refractivity contribution < 1.29 is 17.6 Å². The quantitative estimate of drug-likeness (QED) is 0.376. The first-order chi connectivity index (χ1) is 7.82. The minimum atomic E-state index is -4.76. The lowest BCUT2D eigenvalue weighted by molar-refractivity contribution is -0.140. The van der Waals surface area contributed by atoms with E-state index in [-0.39, 0.29) is 23.9 Å². The van der Waals surface area contributed by atoms with Gasteiger partial charge in [-0.05, 0) is 6.07 Å². The van der Waals surface area contributed by atoms with Gasteiger partial charge in [-0.3, -0.25) is 0 Å². The number of halogens is 5. The van der Waals surface area contributed by atoms with Crippen LogP contribution in [0.4, 0.5) is 17.6 Å². The zero-order valence-electron chi connectivity index (χ0n) is 8.78. The molecule has 100 valence electrons. The van der Waals surface area contributed by atoms with Crippen molar-refractivity contribution in [1.82, 2.24) is 0 Å². The van der Waals surface area contributed by atoms with Gasteiger partial charge in [0.05, 0.1) is 11.8 Å². The SMILES string of the molecule is Cl.NC(N)=NN=Cc1cccc(C(F)(F)F)c1F. The van der Waals surface area contributed by atoms with Crippen LogP contribution >= 0.6 is 12.4 Å². The van der Waals surface area contributed by atoms with E-state index in [2.05, 4.69) is 10.2 Å². The number of rotatable bonds is 2. The zero-order chi connectivity index (χ0) is 13.1. The van der Waals surface area contributed by atoms with Crippen LogP contribution in [-0.2, 0) is 6.18 Å². The number of hydrogen-bond acceptors (Lipinski definition) is 2. The number of guanidine groups is 1. The van der Waals surface area contributed by atoms with Crippen molar-refractivity contribution in [3.8, 4) is 0 Å². The largest absolute Gasteiger partial charge is 0.419 e. The molecule has 1 aromatic carbocycles. The van der Waals surface area contributed by atoms with Crippen LogP contribution in [0.2, 0.25) is 0 Å². The Bertz CT molecular complexity index is 466. The summed E-state index contributed by atoms with van der Waals surface area (Å²) >= 11 is 0. The van der Waals surface area contributed by atoms with Crippen molar-refractivity contribution in [2.24, 2.45) is 21.7 Å². The van der Waals surface area contributed by atoms with E-state index in [0.29, 0.717) is 6.07 Å². The van der Waals surface area contributed by atoms with Gasteiger partial charge in [-0.1, -0.05) is 12.1 Å². The second kappa shape index (κ2) is 6.20. The molecule has 0 aliphatic carbocycles. The molecule has 0 unspecified atom stereocenters. The molecule has 0 radical (unpaired) electrons. The number of nitrogens with two attached hydrogens (primary N) is 2. The summed E-state index contributed by atoms with van der Waals surface area (Å²) in [6, 6.07) is 2.81. The van der Waals surface area contributed by atoms with E-state index in [4.69, 9.17) is 11.5 Å². The van der Waals surface area contributed by atoms with Crippen LogP contribution in [0.25, 0.3) is 0 Å². The van der Waals surface area contributed by atoms with Gasteiger partial charge in [-0.15, -0.1) is 17.5 Å². The van der Waals surface area contributed by atoms with Crippen molar-refractivity contribution >= 4 is 24.6 Å². The minimum Gasteiger partial charge on any atom is -0.369 e. The van der Waals surface area contributed by atoms with Crippen LogP contribution in [-0.4, -0.2) is 12.2 Å². The molecule has 4 nitrogen and oxygen atoms in total. The van der Waals surface area contributed by atoms with Crippen molar-refractivity contribution in [3.63, 3.8) is 0 Å². The number of hydrogen-bond donors (Lipinski definition) is 2. The third-order valence-electron chi connectivity index (χ3n) is 1.70. The smallest absolute Gasteiger partial charge is 0.369 e. The maximum Gasteiger partial charge on any atom is 0.419 e. The second-order valence-electron chi connectivity index (χ2n) is 2.98. The summed E-state index contributed by atoms with van der Waals surface area (Å²) in [4.78, 5) is 0. The molecular formula is C9H9ClF4N4. The average molecular weight is 285 g/mol. The number of alkyl halides is 3. The summed E-state index contributed by atoms with van der Waals surface area (Å²) in [5, 5.41) is 6.38. The highest BCUT2D eigenvalue weighted by molar-refractivity contribution is 5.85. The Morgan fingerprint density at radius 2 is 1.83 bits per heavy atom. The molecule has 0 heterocycles. The molecule has 18 heavy (non-hydrogen) atoms. The van der Waals surface area contributed by atoms with Gasteiger partial charge in [0.15, 0.2) is 0 Å². The Morgan fingerprint density at radius 1 is 1.22 bits per heavy atom. The van der Waals surface area contributed by atoms with Gasteiger partial charge in [-0.2, -0.15) is 18.3 Å². The predicted molar refractivity (Wildman–Crippen MR) is 62.1 cm³/mol. The lowest BCUT2D eigenvalue weighted by Crippen LogP contribution is -2.21. The summed E-state index contributed by atoms with van der Waals surface area (Å²) in [5.74, 6) is -1.80. The molecule has 1 rings (SSSR count). The van der Waals surface area contributed by atoms with Crippen molar-refractivity contribution in [2.75, 3.05) is 0 Å². The Hall–Kier alpha value is -1.83. The van der Waals surface area contributed by atoms with Gasteiger partial charge in [0.2, 0.25) is 5.96 Å². The zero-order valence-corrected chi connectivity index (χ0v) is 9.60. The first kappa shape index (κ1) is 16.2. The van der Waals surface area contributed by atoms with E-state index in [0.717, 1.165) is 18.3 Å². The highest BCUT2D eigenvalue weighted by atomic mass is 35.5. The normalized spacial score (nSPS) is 11.1. The summed E-state index contributed by atoms with van der Waals surface area (Å²) in [5.41, 5.74) is 8.14. The van der Waals surface area contributed by atoms with Gasteiger partial charge < -0.3 is 11.5 Å². The Balaban J connectivity index is 0.00000289. The minimum absolute atomic E-state index is 0. The van der Waals surface area contributed by atoms with Gasteiger partial charge in [0, 0.05) is 5.56 Å². The summed E-state index contributed by atoms with van der Waals surface area (Å²) < 4.78 is 50.4. The number of benzene rings is 1. The maximum atomic E-state index is 13.4. The van der Waals surface area contributed by atoms with Crippen molar-refractivity contribution in [2.45, 2.75) is 6.18 Å². The van der Waals surface area contributed by atoms with Gasteiger partial charge in [0.25, 0.3) is 0 Å². The molecule has 1 aromatic rings. The van der Waals surface area contributed by atoms with E-state index in [1.807, 2.05) is 0 Å². The monoisotopic (exact) mass is 284 g/mol. The summed E-state index contributed by atoms with van der Waals surface area (Å²) in [7, 11) is 0. The topological polar surface area (TPSA) is 76.8 Å². The van der Waals surface area contributed by atoms with Crippen LogP contribution in [0.5, 0.6) is 0 Å². The molecule has 0 bridgehead atoms. The highest BCUT2D eigenvalue weighted by Gasteiger charge is 2.34. The average Bonchev–Trinajstić information content (AvgIpc) is 2.18. The lowest BCUT2D eigenvalue weighted by atomic mass is 10.1. The summed E-state index contributed by atoms with van der Waals surface area (Å²) in [6.45, 7) is 0. The van der Waals surface area contributed by atoms with Crippen LogP contribution < -0.4 is 11.5 Å². The maximum absolute atomic E-state index is 13.4. The highest BCUT2D eigenvalue weighted by Crippen LogP contribution is 2.31. The molecule has 0 aromatic heterocycles. The van der Waals surface area contributed by atoms with E-state index in [1.54, 1.807) is 0 Å². The fourth-order valence-electron chi connectivity index (χ4n) is 1.03. The molecular weight excluding hydrogens is 276 g/mol. The first-order valence-electron chi connectivity index (χ1n) is 4.30. The molecule has 0 spiro atoms. The Morgan fingerprint density at radius 3 is 2.33 bits per heavy atom. The first-order valence-corrected chi connectivity index (χ1v) is 4.30. The fourth-order valence-corrected chi connectivity index (χ4v) is 1.03. The molecule has 0 saturated heterocycles. The van der Waals surface area contributed by atoms with E-state index in [1.165, 1.54) is 0 Å². The fraction of sp³-hybridized carbons (Fsp3) is 0.111. The van der Waals surface area contributed by atoms with Gasteiger partial charge >= 0.3 is 6.18 Å². The van der Waals surface area contributed by atoms with Crippen LogP contribution in [0, 0.1) is 5.82 Å². The Labute approximate surface area is 106 Å². The van der Waals surface area contributed by atoms with Crippen molar-refractivity contribution in [1.29, 1.82) is 0 Å². The molecule has 0 fully saturated rings. The van der Waals surface area contributed by atoms with Crippen LogP contribution in [0.3, 0.4) is 0 Å². The Kier molecular flexibility index (Phi) is 5.57. The van der Waals surface area contributed by atoms with Gasteiger partial charge in [0.1, 0.15) is 5.82 Å². The van der Waals surface area contributed by atoms with E-state index >= 15 is 0 Å². The molecule has 0 aliphatic heterocycles. The van der Waals surface area contributed by atoms with E-state index < -0.39 is 17.6 Å². The third kappa shape index (κ3) is 4.21. The molecule has 4 N–H and O–H groups in total. The predicted octanol–water partition coefficient (Wildman–Crippen LogP) is 1.87. The molecule has 0 amide bonds. The number of nitrogens with zero attached hydrogens (tertiary/aromatic N) is 2. The van der Waals surface area contributed by atoms with Crippen LogP contribution in [0.15, 0.2) is 28.4 Å². The lowest BCUT2D eigenvalue weighted by Gasteiger charge is -2.08. The second-order valence-corrected chi connectivity index (χ2v) is 2.98. The van der Waals surface area contributed by atoms with E-state index in [9.17, 15) is 17.6 Å². The molecule has 0 saturated carbocycles. The third-order valence-corrected chi connectivity index (χ3v) is 1.70.